The van der Waals surface area contributed by atoms with Gasteiger partial charge in [-0.2, -0.15) is 0 Å². The monoisotopic (exact) mass is 528 g/mol. The molecule has 0 amide bonds. The molecule has 1 aliphatic rings. The van der Waals surface area contributed by atoms with Gasteiger partial charge in [-0.1, -0.05) is 40.9 Å². The number of benzene rings is 1. The van der Waals surface area contributed by atoms with Crippen LogP contribution in [0.25, 0.3) is 22.4 Å². The van der Waals surface area contributed by atoms with Gasteiger partial charge in [0.15, 0.2) is 23.1 Å². The molecular formula is C24H22ClFN6O3S. The molecule has 9 nitrogen and oxygen atoms in total. The Balaban J connectivity index is 1.62. The van der Waals surface area contributed by atoms with Crippen LogP contribution in [0.4, 0.5) is 10.2 Å². The van der Waals surface area contributed by atoms with Crippen LogP contribution in [-0.4, -0.2) is 44.3 Å². The Kier molecular flexibility index (Phi) is 6.35. The van der Waals surface area contributed by atoms with Crippen molar-refractivity contribution in [2.75, 3.05) is 5.32 Å². The first-order valence-corrected chi connectivity index (χ1v) is 13.1. The number of hydrogen-bond donors (Lipinski definition) is 2. The number of fused-ring (bicyclic) bond motifs is 1. The van der Waals surface area contributed by atoms with Crippen LogP contribution in [0, 0.1) is 12.7 Å². The lowest BCUT2D eigenvalue weighted by molar-refractivity contribution is 0.313. The van der Waals surface area contributed by atoms with E-state index in [1.807, 2.05) is 6.92 Å². The Labute approximate surface area is 211 Å². The molecule has 1 atom stereocenters. The molecule has 36 heavy (non-hydrogen) atoms. The quantitative estimate of drug-likeness (QED) is 0.275. The zero-order valence-electron chi connectivity index (χ0n) is 19.2. The van der Waals surface area contributed by atoms with E-state index >= 15 is 0 Å². The SMILES string of the molecule is Cc1ccc(S(=O)(=O)n2cc(-c3ncc(F)c(NC4CCCCC4=NO)n3)c3cc(Cl)cnc32)cc1. The van der Waals surface area contributed by atoms with Crippen molar-refractivity contribution in [1.82, 2.24) is 18.9 Å². The lowest BCUT2D eigenvalue weighted by Crippen LogP contribution is -2.33. The van der Waals surface area contributed by atoms with Crippen molar-refractivity contribution in [1.29, 1.82) is 0 Å². The number of rotatable bonds is 5. The molecular weight excluding hydrogens is 507 g/mol. The first-order valence-electron chi connectivity index (χ1n) is 11.3. The average Bonchev–Trinajstić information content (AvgIpc) is 3.25. The fourth-order valence-electron chi connectivity index (χ4n) is 4.27. The standard InChI is InChI=1S/C24H22ClFN6O3S/c1-14-6-8-16(9-7-14)36(34,35)32-13-18(17-10-15(25)11-28-24(17)32)22-27-12-19(26)23(30-22)29-20-4-2-3-5-21(20)31-33/h6-13,20,33H,2-5H2,1H3,(H,27,29,30). The molecule has 2 N–H and O–H groups in total. The van der Waals surface area contributed by atoms with Crippen LogP contribution in [-0.2, 0) is 10.0 Å². The topological polar surface area (TPSA) is 122 Å². The smallest absolute Gasteiger partial charge is 0.269 e. The molecule has 186 valence electrons. The number of anilines is 1. The Hall–Kier alpha value is -3.57. The minimum atomic E-state index is -4.01. The number of oxime groups is 1. The third kappa shape index (κ3) is 4.40. The second-order valence-corrected chi connectivity index (χ2v) is 10.9. The molecule has 1 saturated carbocycles. The summed E-state index contributed by atoms with van der Waals surface area (Å²) in [5.41, 5.74) is 1.90. The van der Waals surface area contributed by atoms with Gasteiger partial charge in [-0.25, -0.2) is 31.7 Å². The van der Waals surface area contributed by atoms with Crippen LogP contribution in [0.15, 0.2) is 59.0 Å². The van der Waals surface area contributed by atoms with E-state index in [1.54, 1.807) is 18.2 Å². The summed E-state index contributed by atoms with van der Waals surface area (Å²) in [6.45, 7) is 1.86. The summed E-state index contributed by atoms with van der Waals surface area (Å²) in [7, 11) is -4.01. The minimum Gasteiger partial charge on any atom is -0.411 e. The van der Waals surface area contributed by atoms with Crippen molar-refractivity contribution >= 4 is 44.2 Å². The molecule has 3 heterocycles. The zero-order chi connectivity index (χ0) is 25.4. The van der Waals surface area contributed by atoms with Crippen LogP contribution in [0.2, 0.25) is 5.02 Å². The van der Waals surface area contributed by atoms with E-state index in [-0.39, 0.29) is 28.2 Å². The molecule has 1 aliphatic carbocycles. The highest BCUT2D eigenvalue weighted by Crippen LogP contribution is 2.33. The van der Waals surface area contributed by atoms with E-state index in [4.69, 9.17) is 11.6 Å². The maximum Gasteiger partial charge on any atom is 0.269 e. The fourth-order valence-corrected chi connectivity index (χ4v) is 5.76. The molecule has 0 radical (unpaired) electrons. The van der Waals surface area contributed by atoms with Gasteiger partial charge in [-0.05, 0) is 44.4 Å². The van der Waals surface area contributed by atoms with Gasteiger partial charge in [0.1, 0.15) is 0 Å². The largest absolute Gasteiger partial charge is 0.411 e. The highest BCUT2D eigenvalue weighted by atomic mass is 35.5. The van der Waals surface area contributed by atoms with Gasteiger partial charge in [0.05, 0.1) is 27.9 Å². The van der Waals surface area contributed by atoms with Gasteiger partial charge in [-0.15, -0.1) is 0 Å². The molecule has 0 bridgehead atoms. The summed E-state index contributed by atoms with van der Waals surface area (Å²) in [4.78, 5) is 12.8. The van der Waals surface area contributed by atoms with Crippen molar-refractivity contribution in [2.45, 2.75) is 43.5 Å². The fraction of sp³-hybridized carbons (Fsp3) is 0.250. The number of halogens is 2. The van der Waals surface area contributed by atoms with E-state index in [9.17, 15) is 18.0 Å². The van der Waals surface area contributed by atoms with Gasteiger partial charge in [0.2, 0.25) is 0 Å². The summed E-state index contributed by atoms with van der Waals surface area (Å²) < 4.78 is 42.7. The van der Waals surface area contributed by atoms with Gasteiger partial charge in [-0.3, -0.25) is 0 Å². The van der Waals surface area contributed by atoms with Crippen LogP contribution in [0.3, 0.4) is 0 Å². The molecule has 1 aromatic carbocycles. The highest BCUT2D eigenvalue weighted by molar-refractivity contribution is 7.90. The van der Waals surface area contributed by atoms with Crippen molar-refractivity contribution in [3.63, 3.8) is 0 Å². The number of nitrogens with zero attached hydrogens (tertiary/aromatic N) is 5. The Bertz CT molecular complexity index is 1590. The number of aryl methyl sites for hydroxylation is 1. The lowest BCUT2D eigenvalue weighted by atomic mass is 9.93. The Morgan fingerprint density at radius 1 is 1.19 bits per heavy atom. The predicted octanol–water partition coefficient (Wildman–Crippen LogP) is 5.02. The molecule has 0 saturated heterocycles. The van der Waals surface area contributed by atoms with Crippen molar-refractivity contribution in [2.24, 2.45) is 5.16 Å². The summed E-state index contributed by atoms with van der Waals surface area (Å²) in [6, 6.07) is 7.65. The van der Waals surface area contributed by atoms with Gasteiger partial charge >= 0.3 is 0 Å². The molecule has 12 heteroatoms. The summed E-state index contributed by atoms with van der Waals surface area (Å²) in [6.07, 6.45) is 6.77. The summed E-state index contributed by atoms with van der Waals surface area (Å²) in [5, 5.41) is 16.4. The second kappa shape index (κ2) is 9.47. The number of hydrogen-bond acceptors (Lipinski definition) is 8. The molecule has 0 spiro atoms. The van der Waals surface area contributed by atoms with Crippen molar-refractivity contribution in [3.8, 4) is 11.4 Å². The van der Waals surface area contributed by atoms with E-state index in [0.29, 0.717) is 34.5 Å². The van der Waals surface area contributed by atoms with E-state index in [1.165, 1.54) is 24.5 Å². The van der Waals surface area contributed by atoms with Gasteiger partial charge in [0, 0.05) is 23.3 Å². The molecule has 3 aromatic heterocycles. The second-order valence-electron chi connectivity index (χ2n) is 8.61. The first kappa shape index (κ1) is 24.1. The molecule has 4 aromatic rings. The lowest BCUT2D eigenvalue weighted by Gasteiger charge is -2.24. The number of nitrogens with one attached hydrogen (secondary N) is 1. The number of aromatic nitrogens is 4. The number of pyridine rings is 1. The van der Waals surface area contributed by atoms with Crippen LogP contribution in [0.5, 0.6) is 0 Å². The molecule has 5 rings (SSSR count). The average molecular weight is 529 g/mol. The highest BCUT2D eigenvalue weighted by Gasteiger charge is 2.26. The third-order valence-corrected chi connectivity index (χ3v) is 8.03. The summed E-state index contributed by atoms with van der Waals surface area (Å²) in [5.74, 6) is -0.678. The predicted molar refractivity (Wildman–Crippen MR) is 135 cm³/mol. The van der Waals surface area contributed by atoms with Crippen LogP contribution < -0.4 is 5.32 Å². The van der Waals surface area contributed by atoms with Crippen molar-refractivity contribution < 1.29 is 18.0 Å². The van der Waals surface area contributed by atoms with Gasteiger partial charge < -0.3 is 10.5 Å². The maximum absolute atomic E-state index is 14.7. The van der Waals surface area contributed by atoms with Crippen LogP contribution in [0.1, 0.15) is 31.2 Å². The van der Waals surface area contributed by atoms with E-state index < -0.39 is 15.8 Å². The Morgan fingerprint density at radius 2 is 1.97 bits per heavy atom. The zero-order valence-corrected chi connectivity index (χ0v) is 20.8. The first-order chi connectivity index (χ1) is 17.3. The molecule has 0 aliphatic heterocycles. The van der Waals surface area contributed by atoms with Crippen molar-refractivity contribution in [3.05, 3.63) is 65.3 Å². The summed E-state index contributed by atoms with van der Waals surface area (Å²) >= 11 is 6.18. The van der Waals surface area contributed by atoms with E-state index in [2.05, 4.69) is 25.4 Å². The maximum atomic E-state index is 14.7. The minimum absolute atomic E-state index is 0.0784. The third-order valence-electron chi connectivity index (χ3n) is 6.16. The van der Waals surface area contributed by atoms with E-state index in [0.717, 1.165) is 28.6 Å². The normalized spacial score (nSPS) is 17.5. The Morgan fingerprint density at radius 3 is 2.72 bits per heavy atom. The van der Waals surface area contributed by atoms with Gasteiger partial charge in [0.25, 0.3) is 10.0 Å². The molecule has 1 fully saturated rings. The molecule has 1 unspecified atom stereocenters. The van der Waals surface area contributed by atoms with Crippen LogP contribution >= 0.6 is 11.6 Å².